The zero-order valence-electron chi connectivity index (χ0n) is 9.62. The van der Waals surface area contributed by atoms with Gasteiger partial charge in [-0.25, -0.2) is 4.98 Å². The summed E-state index contributed by atoms with van der Waals surface area (Å²) in [5.74, 6) is 0. The van der Waals surface area contributed by atoms with Crippen LogP contribution in [0, 0.1) is 10.1 Å². The zero-order chi connectivity index (χ0) is 14.0. The quantitative estimate of drug-likeness (QED) is 0.524. The minimum atomic E-state index is -0.550. The van der Waals surface area contributed by atoms with Crippen LogP contribution >= 0.6 is 15.9 Å². The number of rotatable bonds is 3. The SMILES string of the molecule is Nc1cc(Cn2cncc(Br)c2=O)ccc1[N+](=O)[O-]. The molecule has 1 aromatic heterocycles. The van der Waals surface area contributed by atoms with E-state index in [9.17, 15) is 14.9 Å². The van der Waals surface area contributed by atoms with E-state index in [2.05, 4.69) is 20.9 Å². The molecular formula is C11H9BrN4O3. The Morgan fingerprint density at radius 2 is 2.21 bits per heavy atom. The topological polar surface area (TPSA) is 104 Å². The van der Waals surface area contributed by atoms with Gasteiger partial charge in [-0.05, 0) is 27.6 Å². The molecule has 0 aliphatic rings. The molecule has 0 spiro atoms. The van der Waals surface area contributed by atoms with Crippen molar-refractivity contribution in [1.29, 1.82) is 0 Å². The number of halogens is 1. The van der Waals surface area contributed by atoms with E-state index in [1.807, 2.05) is 0 Å². The molecule has 0 saturated heterocycles. The molecule has 98 valence electrons. The summed E-state index contributed by atoms with van der Waals surface area (Å²) in [6.45, 7) is 0.244. The third-order valence-corrected chi connectivity index (χ3v) is 3.04. The number of anilines is 1. The average Bonchev–Trinajstić information content (AvgIpc) is 2.34. The first kappa shape index (κ1) is 13.2. The van der Waals surface area contributed by atoms with Gasteiger partial charge in [-0.1, -0.05) is 6.07 Å². The number of nitrogen functional groups attached to an aromatic ring is 1. The number of nitro groups is 1. The molecule has 0 aliphatic carbocycles. The highest BCUT2D eigenvalue weighted by Crippen LogP contribution is 2.22. The summed E-state index contributed by atoms with van der Waals surface area (Å²) in [4.78, 5) is 25.8. The molecule has 1 aromatic carbocycles. The molecule has 2 N–H and O–H groups in total. The van der Waals surface area contributed by atoms with E-state index in [0.717, 1.165) is 0 Å². The molecule has 0 bridgehead atoms. The number of aromatic nitrogens is 2. The number of benzene rings is 1. The molecule has 7 nitrogen and oxygen atoms in total. The van der Waals surface area contributed by atoms with Crippen LogP contribution in [-0.2, 0) is 6.54 Å². The summed E-state index contributed by atoms with van der Waals surface area (Å²) in [7, 11) is 0. The van der Waals surface area contributed by atoms with E-state index in [4.69, 9.17) is 5.73 Å². The molecule has 0 amide bonds. The van der Waals surface area contributed by atoms with Crippen molar-refractivity contribution < 1.29 is 4.92 Å². The number of hydrogen-bond acceptors (Lipinski definition) is 5. The average molecular weight is 325 g/mol. The van der Waals surface area contributed by atoms with Crippen molar-refractivity contribution in [3.63, 3.8) is 0 Å². The summed E-state index contributed by atoms with van der Waals surface area (Å²) in [5, 5.41) is 10.6. The maximum atomic E-state index is 11.8. The maximum Gasteiger partial charge on any atom is 0.292 e. The van der Waals surface area contributed by atoms with Gasteiger partial charge in [0.1, 0.15) is 10.2 Å². The smallest absolute Gasteiger partial charge is 0.292 e. The van der Waals surface area contributed by atoms with Gasteiger partial charge >= 0.3 is 0 Å². The van der Waals surface area contributed by atoms with Gasteiger partial charge in [0.25, 0.3) is 11.2 Å². The summed E-state index contributed by atoms with van der Waals surface area (Å²) in [5.41, 5.74) is 5.96. The normalized spacial score (nSPS) is 10.4. The number of hydrogen-bond donors (Lipinski definition) is 1. The molecule has 19 heavy (non-hydrogen) atoms. The van der Waals surface area contributed by atoms with E-state index in [0.29, 0.717) is 10.0 Å². The second-order valence-electron chi connectivity index (χ2n) is 3.82. The third-order valence-electron chi connectivity index (χ3n) is 2.50. The Bertz CT molecular complexity index is 699. The van der Waals surface area contributed by atoms with Crippen LogP contribution in [0.2, 0.25) is 0 Å². The lowest BCUT2D eigenvalue weighted by molar-refractivity contribution is -0.383. The first-order chi connectivity index (χ1) is 8.99. The highest BCUT2D eigenvalue weighted by Gasteiger charge is 2.11. The van der Waals surface area contributed by atoms with Crippen LogP contribution in [0.1, 0.15) is 5.56 Å². The fourth-order valence-electron chi connectivity index (χ4n) is 1.60. The Kier molecular flexibility index (Phi) is 3.61. The lowest BCUT2D eigenvalue weighted by Gasteiger charge is -2.06. The lowest BCUT2D eigenvalue weighted by atomic mass is 10.1. The van der Waals surface area contributed by atoms with Gasteiger partial charge in [-0.3, -0.25) is 19.5 Å². The Hall–Kier alpha value is -2.22. The van der Waals surface area contributed by atoms with Gasteiger partial charge in [0, 0.05) is 12.3 Å². The van der Waals surface area contributed by atoms with Crippen LogP contribution in [-0.4, -0.2) is 14.5 Å². The molecular weight excluding hydrogens is 316 g/mol. The van der Waals surface area contributed by atoms with Crippen molar-refractivity contribution in [2.45, 2.75) is 6.54 Å². The minimum Gasteiger partial charge on any atom is -0.393 e. The molecule has 0 aliphatic heterocycles. The molecule has 2 aromatic rings. The van der Waals surface area contributed by atoms with Crippen LogP contribution in [0.3, 0.4) is 0 Å². The molecule has 0 unspecified atom stereocenters. The molecule has 0 atom stereocenters. The predicted molar refractivity (Wildman–Crippen MR) is 72.8 cm³/mol. The minimum absolute atomic E-state index is 0.0681. The van der Waals surface area contributed by atoms with E-state index < -0.39 is 4.92 Å². The van der Waals surface area contributed by atoms with E-state index >= 15 is 0 Å². The molecule has 0 fully saturated rings. The number of nitrogens with two attached hydrogens (primary N) is 1. The Labute approximate surface area is 116 Å². The third kappa shape index (κ3) is 2.79. The summed E-state index contributed by atoms with van der Waals surface area (Å²) >= 11 is 3.09. The molecule has 1 heterocycles. The van der Waals surface area contributed by atoms with E-state index in [1.165, 1.54) is 29.2 Å². The van der Waals surface area contributed by atoms with E-state index in [1.54, 1.807) is 6.07 Å². The van der Waals surface area contributed by atoms with Gasteiger partial charge < -0.3 is 5.73 Å². The highest BCUT2D eigenvalue weighted by molar-refractivity contribution is 9.10. The second kappa shape index (κ2) is 5.19. The van der Waals surface area contributed by atoms with Crippen molar-refractivity contribution in [2.24, 2.45) is 0 Å². The first-order valence-corrected chi connectivity index (χ1v) is 6.01. The van der Waals surface area contributed by atoms with Crippen molar-refractivity contribution in [3.05, 3.63) is 61.2 Å². The molecule has 2 rings (SSSR count). The first-order valence-electron chi connectivity index (χ1n) is 5.22. The summed E-state index contributed by atoms with van der Waals surface area (Å²) < 4.78 is 1.73. The fourth-order valence-corrected chi connectivity index (χ4v) is 1.95. The van der Waals surface area contributed by atoms with Crippen LogP contribution in [0.4, 0.5) is 11.4 Å². The number of nitro benzene ring substituents is 1. The standard InChI is InChI=1S/C11H9BrN4O3/c12-8-4-14-6-15(11(8)17)5-7-1-2-10(16(18)19)9(13)3-7/h1-4,6H,5,13H2. The van der Waals surface area contributed by atoms with Crippen LogP contribution in [0.5, 0.6) is 0 Å². The molecule has 0 saturated carbocycles. The number of nitrogens with zero attached hydrogens (tertiary/aromatic N) is 3. The maximum absolute atomic E-state index is 11.8. The second-order valence-corrected chi connectivity index (χ2v) is 4.68. The van der Waals surface area contributed by atoms with Gasteiger partial charge in [-0.2, -0.15) is 0 Å². The summed E-state index contributed by atoms with van der Waals surface area (Å²) in [6.07, 6.45) is 2.80. The highest BCUT2D eigenvalue weighted by atomic mass is 79.9. The Morgan fingerprint density at radius 1 is 1.47 bits per heavy atom. The van der Waals surface area contributed by atoms with Crippen molar-refractivity contribution in [1.82, 2.24) is 9.55 Å². The zero-order valence-corrected chi connectivity index (χ0v) is 11.2. The van der Waals surface area contributed by atoms with Crippen molar-refractivity contribution in [3.8, 4) is 0 Å². The van der Waals surface area contributed by atoms with Gasteiger partial charge in [0.15, 0.2) is 0 Å². The van der Waals surface area contributed by atoms with Gasteiger partial charge in [0.05, 0.1) is 17.8 Å². The van der Waals surface area contributed by atoms with Crippen LogP contribution in [0.15, 0.2) is 40.0 Å². The monoisotopic (exact) mass is 324 g/mol. The molecule has 8 heteroatoms. The van der Waals surface area contributed by atoms with E-state index in [-0.39, 0.29) is 23.5 Å². The van der Waals surface area contributed by atoms with Crippen LogP contribution < -0.4 is 11.3 Å². The van der Waals surface area contributed by atoms with Crippen molar-refractivity contribution in [2.75, 3.05) is 5.73 Å². The fraction of sp³-hybridized carbons (Fsp3) is 0.0909. The Balaban J connectivity index is 2.34. The van der Waals surface area contributed by atoms with Gasteiger partial charge in [0.2, 0.25) is 0 Å². The van der Waals surface area contributed by atoms with Crippen molar-refractivity contribution >= 4 is 27.3 Å². The largest absolute Gasteiger partial charge is 0.393 e. The lowest BCUT2D eigenvalue weighted by Crippen LogP contribution is -2.21. The summed E-state index contributed by atoms with van der Waals surface area (Å²) in [6, 6.07) is 4.36. The van der Waals surface area contributed by atoms with Crippen LogP contribution in [0.25, 0.3) is 0 Å². The van der Waals surface area contributed by atoms with Gasteiger partial charge in [-0.15, -0.1) is 0 Å². The Morgan fingerprint density at radius 3 is 2.84 bits per heavy atom. The predicted octanol–water partition coefficient (Wildman–Crippen LogP) is 1.54. The molecule has 0 radical (unpaired) electrons.